The fourth-order valence-electron chi connectivity index (χ4n) is 1.91. The Bertz CT molecular complexity index is 188. The predicted octanol–water partition coefficient (Wildman–Crippen LogP) is 0.967. The van der Waals surface area contributed by atoms with Crippen LogP contribution in [0.1, 0.15) is 39.0 Å². The van der Waals surface area contributed by atoms with Gasteiger partial charge >= 0.3 is 6.03 Å². The summed E-state index contributed by atoms with van der Waals surface area (Å²) in [6, 6.07) is -0.108. The van der Waals surface area contributed by atoms with E-state index in [1.807, 2.05) is 6.92 Å². The van der Waals surface area contributed by atoms with Crippen molar-refractivity contribution in [3.8, 4) is 0 Å². The fourth-order valence-corrected chi connectivity index (χ4v) is 1.91. The van der Waals surface area contributed by atoms with Crippen LogP contribution in [0.3, 0.4) is 0 Å². The molecule has 82 valence electrons. The molecule has 0 aromatic rings. The molecule has 0 saturated heterocycles. The Morgan fingerprint density at radius 1 is 1.29 bits per heavy atom. The molecule has 0 atom stereocenters. The van der Waals surface area contributed by atoms with Gasteiger partial charge in [-0.25, -0.2) is 4.79 Å². The second kappa shape index (κ2) is 5.20. The molecule has 0 spiro atoms. The molecule has 0 aromatic carbocycles. The number of hydrogen-bond donors (Lipinski definition) is 3. The number of carbonyl (C=O) groups excluding carboxylic acids is 1. The lowest BCUT2D eigenvalue weighted by Crippen LogP contribution is -2.52. The quantitative estimate of drug-likeness (QED) is 0.634. The number of rotatable bonds is 3. The van der Waals surface area contributed by atoms with Crippen LogP contribution in [-0.4, -0.2) is 24.7 Å². The van der Waals surface area contributed by atoms with Gasteiger partial charge in [0.05, 0.1) is 0 Å². The van der Waals surface area contributed by atoms with Crippen LogP contribution in [0.4, 0.5) is 4.79 Å². The maximum Gasteiger partial charge on any atom is 0.314 e. The van der Waals surface area contributed by atoms with Gasteiger partial charge in [-0.2, -0.15) is 0 Å². The highest BCUT2D eigenvalue weighted by Crippen LogP contribution is 2.24. The molecular weight excluding hydrogens is 178 g/mol. The Hall–Kier alpha value is -0.770. The van der Waals surface area contributed by atoms with E-state index in [1.54, 1.807) is 0 Å². The van der Waals surface area contributed by atoms with Gasteiger partial charge in [-0.15, -0.1) is 0 Å². The highest BCUT2D eigenvalue weighted by atomic mass is 16.2. The number of carbonyl (C=O) groups is 1. The molecule has 0 aromatic heterocycles. The molecule has 0 bridgehead atoms. The molecule has 1 aliphatic carbocycles. The average molecular weight is 199 g/mol. The van der Waals surface area contributed by atoms with E-state index in [0.29, 0.717) is 13.1 Å². The van der Waals surface area contributed by atoms with Gasteiger partial charge in [0.15, 0.2) is 0 Å². The third-order valence-electron chi connectivity index (χ3n) is 2.79. The molecule has 1 saturated carbocycles. The van der Waals surface area contributed by atoms with Crippen molar-refractivity contribution < 1.29 is 4.79 Å². The first-order valence-electron chi connectivity index (χ1n) is 5.47. The lowest BCUT2D eigenvalue weighted by molar-refractivity contribution is 0.231. The molecule has 0 unspecified atom stereocenters. The van der Waals surface area contributed by atoms with E-state index in [0.717, 1.165) is 12.8 Å². The van der Waals surface area contributed by atoms with Crippen LogP contribution in [0.25, 0.3) is 0 Å². The van der Waals surface area contributed by atoms with E-state index in [1.165, 1.54) is 19.3 Å². The lowest BCUT2D eigenvalue weighted by Gasteiger charge is -2.33. The smallest absolute Gasteiger partial charge is 0.314 e. The van der Waals surface area contributed by atoms with Crippen molar-refractivity contribution in [3.05, 3.63) is 0 Å². The largest absolute Gasteiger partial charge is 0.338 e. The Balaban J connectivity index is 2.24. The molecule has 2 amide bonds. The Kier molecular flexibility index (Phi) is 4.20. The summed E-state index contributed by atoms with van der Waals surface area (Å²) >= 11 is 0. The van der Waals surface area contributed by atoms with Crippen LogP contribution in [-0.2, 0) is 0 Å². The van der Waals surface area contributed by atoms with Gasteiger partial charge in [0.25, 0.3) is 0 Å². The molecule has 4 nitrogen and oxygen atoms in total. The summed E-state index contributed by atoms with van der Waals surface area (Å²) in [5, 5.41) is 5.52. The average Bonchev–Trinajstić information content (AvgIpc) is 2.17. The van der Waals surface area contributed by atoms with Crippen LogP contribution < -0.4 is 16.4 Å². The summed E-state index contributed by atoms with van der Waals surface area (Å²) in [7, 11) is 0. The van der Waals surface area contributed by atoms with E-state index in [2.05, 4.69) is 10.6 Å². The van der Waals surface area contributed by atoms with Gasteiger partial charge in [-0.1, -0.05) is 19.3 Å². The van der Waals surface area contributed by atoms with Gasteiger partial charge in [0.1, 0.15) is 0 Å². The number of hydrogen-bond acceptors (Lipinski definition) is 2. The summed E-state index contributed by atoms with van der Waals surface area (Å²) in [4.78, 5) is 11.2. The van der Waals surface area contributed by atoms with E-state index in [9.17, 15) is 4.79 Å². The Morgan fingerprint density at radius 3 is 2.50 bits per heavy atom. The molecule has 0 heterocycles. The van der Waals surface area contributed by atoms with Crippen molar-refractivity contribution in [2.24, 2.45) is 5.73 Å². The lowest BCUT2D eigenvalue weighted by atomic mass is 9.82. The Morgan fingerprint density at radius 2 is 1.93 bits per heavy atom. The third-order valence-corrected chi connectivity index (χ3v) is 2.79. The van der Waals surface area contributed by atoms with Gasteiger partial charge in [-0.3, -0.25) is 0 Å². The van der Waals surface area contributed by atoms with Crippen LogP contribution in [0.5, 0.6) is 0 Å². The first-order chi connectivity index (χ1) is 6.66. The number of urea groups is 1. The molecule has 14 heavy (non-hydrogen) atoms. The summed E-state index contributed by atoms with van der Waals surface area (Å²) in [5.41, 5.74) is 6.00. The fraction of sp³-hybridized carbons (Fsp3) is 0.900. The number of nitrogens with one attached hydrogen (secondary N) is 2. The molecule has 1 fully saturated rings. The standard InChI is InChI=1S/C10H21N3O/c1-2-12-9(14)13-8-10(11)6-4-3-5-7-10/h2-8,11H2,1H3,(H2,12,13,14). The van der Waals surface area contributed by atoms with E-state index >= 15 is 0 Å². The molecule has 0 radical (unpaired) electrons. The minimum Gasteiger partial charge on any atom is -0.338 e. The second-order valence-corrected chi connectivity index (χ2v) is 4.14. The van der Waals surface area contributed by atoms with E-state index < -0.39 is 0 Å². The summed E-state index contributed by atoms with van der Waals surface area (Å²) in [6.45, 7) is 3.15. The predicted molar refractivity (Wildman–Crippen MR) is 57.1 cm³/mol. The summed E-state index contributed by atoms with van der Waals surface area (Å²) < 4.78 is 0. The van der Waals surface area contributed by atoms with Crippen molar-refractivity contribution in [3.63, 3.8) is 0 Å². The van der Waals surface area contributed by atoms with E-state index in [4.69, 9.17) is 5.73 Å². The molecule has 1 aliphatic rings. The zero-order valence-corrected chi connectivity index (χ0v) is 8.94. The van der Waals surface area contributed by atoms with Crippen LogP contribution in [0, 0.1) is 0 Å². The number of nitrogens with two attached hydrogens (primary N) is 1. The Labute approximate surface area is 85.6 Å². The first-order valence-corrected chi connectivity index (χ1v) is 5.47. The highest BCUT2D eigenvalue weighted by molar-refractivity contribution is 5.73. The normalized spacial score (nSPS) is 20.1. The maximum atomic E-state index is 11.2. The van der Waals surface area contributed by atoms with Crippen molar-refractivity contribution >= 4 is 6.03 Å². The third kappa shape index (κ3) is 3.54. The van der Waals surface area contributed by atoms with E-state index in [-0.39, 0.29) is 11.6 Å². The monoisotopic (exact) mass is 199 g/mol. The number of amides is 2. The first kappa shape index (κ1) is 11.3. The zero-order valence-electron chi connectivity index (χ0n) is 8.94. The molecule has 0 aliphatic heterocycles. The topological polar surface area (TPSA) is 67.2 Å². The summed E-state index contributed by atoms with van der Waals surface area (Å²) in [5.74, 6) is 0. The van der Waals surface area contributed by atoms with Gasteiger partial charge in [-0.05, 0) is 19.8 Å². The van der Waals surface area contributed by atoms with Crippen molar-refractivity contribution in [1.82, 2.24) is 10.6 Å². The maximum absolute atomic E-state index is 11.2. The summed E-state index contributed by atoms with van der Waals surface area (Å²) in [6.07, 6.45) is 5.71. The van der Waals surface area contributed by atoms with Gasteiger partial charge in [0.2, 0.25) is 0 Å². The SMILES string of the molecule is CCNC(=O)NCC1(N)CCCCC1. The second-order valence-electron chi connectivity index (χ2n) is 4.14. The molecule has 1 rings (SSSR count). The van der Waals surface area contributed by atoms with Crippen LogP contribution >= 0.6 is 0 Å². The molecule has 4 N–H and O–H groups in total. The van der Waals surface area contributed by atoms with Crippen LogP contribution in [0.15, 0.2) is 0 Å². The zero-order chi connectivity index (χ0) is 10.4. The molecular formula is C10H21N3O. The minimum atomic E-state index is -0.163. The van der Waals surface area contributed by atoms with Crippen molar-refractivity contribution in [2.75, 3.05) is 13.1 Å². The van der Waals surface area contributed by atoms with Crippen molar-refractivity contribution in [1.29, 1.82) is 0 Å². The van der Waals surface area contributed by atoms with Crippen LogP contribution in [0.2, 0.25) is 0 Å². The van der Waals surface area contributed by atoms with Gasteiger partial charge < -0.3 is 16.4 Å². The highest BCUT2D eigenvalue weighted by Gasteiger charge is 2.27. The van der Waals surface area contributed by atoms with Gasteiger partial charge in [0, 0.05) is 18.6 Å². The molecule has 4 heteroatoms. The van der Waals surface area contributed by atoms with Crippen molar-refractivity contribution in [2.45, 2.75) is 44.6 Å². The minimum absolute atomic E-state index is 0.108.